The summed E-state index contributed by atoms with van der Waals surface area (Å²) in [7, 11) is 0. The Morgan fingerprint density at radius 1 is 0.926 bits per heavy atom. The lowest BCUT2D eigenvalue weighted by Crippen LogP contribution is -2.50. The highest BCUT2D eigenvalue weighted by atomic mass is 32.1. The molecular formula is C21H18F2N2OS. The zero-order valence-electron chi connectivity index (χ0n) is 14.6. The molecule has 0 N–H and O–H groups in total. The Labute approximate surface area is 161 Å². The van der Waals surface area contributed by atoms with Crippen molar-refractivity contribution in [3.8, 4) is 0 Å². The van der Waals surface area contributed by atoms with Crippen molar-refractivity contribution in [1.82, 2.24) is 4.90 Å². The van der Waals surface area contributed by atoms with Gasteiger partial charge in [-0.05, 0) is 74.2 Å². The van der Waals surface area contributed by atoms with Gasteiger partial charge in [0.1, 0.15) is 28.0 Å². The van der Waals surface area contributed by atoms with E-state index in [1.165, 1.54) is 36.4 Å². The second-order valence-corrected chi connectivity index (χ2v) is 7.35. The number of thiocarbonyl (C=S) groups is 1. The minimum atomic E-state index is -0.704. The van der Waals surface area contributed by atoms with Crippen LogP contribution in [0.15, 0.2) is 53.5 Å². The first kappa shape index (κ1) is 17.9. The van der Waals surface area contributed by atoms with Crippen LogP contribution in [0.1, 0.15) is 48.0 Å². The molecule has 0 aromatic heterocycles. The average Bonchev–Trinajstić information content (AvgIpc) is 2.95. The minimum Gasteiger partial charge on any atom is -0.271 e. The minimum absolute atomic E-state index is 0.275. The van der Waals surface area contributed by atoms with E-state index < -0.39 is 11.5 Å². The monoisotopic (exact) mass is 384 g/mol. The van der Waals surface area contributed by atoms with Gasteiger partial charge in [0.25, 0.3) is 5.91 Å². The molecule has 2 aromatic rings. The number of amides is 1. The van der Waals surface area contributed by atoms with Gasteiger partial charge in [0.05, 0.1) is 0 Å². The molecule has 1 aliphatic heterocycles. The maximum atomic E-state index is 13.3. The number of benzene rings is 2. The maximum absolute atomic E-state index is 13.3. The highest BCUT2D eigenvalue weighted by molar-refractivity contribution is 7.82. The lowest BCUT2D eigenvalue weighted by molar-refractivity contribution is 0.0648. The summed E-state index contributed by atoms with van der Waals surface area (Å²) in [5.41, 5.74) is 0.909. The highest BCUT2D eigenvalue weighted by Crippen LogP contribution is 2.41. The third kappa shape index (κ3) is 3.18. The quantitative estimate of drug-likeness (QED) is 0.690. The van der Waals surface area contributed by atoms with E-state index in [0.717, 1.165) is 32.1 Å². The van der Waals surface area contributed by atoms with E-state index in [1.54, 1.807) is 17.0 Å². The van der Waals surface area contributed by atoms with Gasteiger partial charge in [-0.15, -0.1) is 0 Å². The Balaban J connectivity index is 1.76. The molecule has 0 saturated heterocycles. The smallest absolute Gasteiger partial charge is 0.260 e. The Morgan fingerprint density at radius 2 is 1.48 bits per heavy atom. The van der Waals surface area contributed by atoms with Gasteiger partial charge in [0.2, 0.25) is 0 Å². The molecule has 3 nitrogen and oxygen atoms in total. The summed E-state index contributed by atoms with van der Waals surface area (Å²) in [5, 5.41) is 0. The molecule has 2 aromatic carbocycles. The van der Waals surface area contributed by atoms with Crippen LogP contribution in [0, 0.1) is 11.6 Å². The van der Waals surface area contributed by atoms with Gasteiger partial charge in [-0.1, -0.05) is 18.6 Å². The van der Waals surface area contributed by atoms with Gasteiger partial charge < -0.3 is 0 Å². The number of rotatable bonds is 2. The van der Waals surface area contributed by atoms with E-state index >= 15 is 0 Å². The molecule has 1 heterocycles. The Kier molecular flexibility index (Phi) is 4.60. The molecule has 1 aliphatic carbocycles. The third-order valence-corrected chi connectivity index (χ3v) is 5.58. The molecule has 0 unspecified atom stereocenters. The van der Waals surface area contributed by atoms with Crippen molar-refractivity contribution in [2.45, 2.75) is 37.8 Å². The maximum Gasteiger partial charge on any atom is 0.260 e. The SMILES string of the molecule is O=C(c1ccc(F)cc1)N1C(=S)C(c2ccc(F)cc2)=NC12CCCCC2. The van der Waals surface area contributed by atoms with Gasteiger partial charge in [-0.25, -0.2) is 8.78 Å². The fraction of sp³-hybridized carbons (Fsp3) is 0.286. The summed E-state index contributed by atoms with van der Waals surface area (Å²) in [6.07, 6.45) is 4.45. The summed E-state index contributed by atoms with van der Waals surface area (Å²) < 4.78 is 26.6. The van der Waals surface area contributed by atoms with E-state index in [0.29, 0.717) is 21.8 Å². The number of carbonyl (C=O) groups is 1. The molecule has 1 amide bonds. The van der Waals surface area contributed by atoms with Gasteiger partial charge in [0.15, 0.2) is 0 Å². The van der Waals surface area contributed by atoms with Crippen LogP contribution in [-0.2, 0) is 0 Å². The Hall–Kier alpha value is -2.47. The Bertz CT molecular complexity index is 916. The second-order valence-electron chi connectivity index (χ2n) is 6.96. The molecule has 6 heteroatoms. The molecule has 0 atom stereocenters. The van der Waals surface area contributed by atoms with Crippen molar-refractivity contribution in [1.29, 1.82) is 0 Å². The largest absolute Gasteiger partial charge is 0.271 e. The topological polar surface area (TPSA) is 32.7 Å². The van der Waals surface area contributed by atoms with Crippen LogP contribution in [-0.4, -0.2) is 27.2 Å². The van der Waals surface area contributed by atoms with E-state index in [1.807, 2.05) is 0 Å². The van der Waals surface area contributed by atoms with Crippen molar-refractivity contribution >= 4 is 28.8 Å². The predicted molar refractivity (Wildman–Crippen MR) is 104 cm³/mol. The van der Waals surface area contributed by atoms with Crippen LogP contribution < -0.4 is 0 Å². The fourth-order valence-corrected chi connectivity index (χ4v) is 4.27. The van der Waals surface area contributed by atoms with Crippen molar-refractivity contribution < 1.29 is 13.6 Å². The molecule has 1 saturated carbocycles. The molecule has 4 rings (SSSR count). The molecule has 2 aliphatic rings. The number of hydrogen-bond acceptors (Lipinski definition) is 3. The van der Waals surface area contributed by atoms with Gasteiger partial charge in [-0.3, -0.25) is 14.7 Å². The predicted octanol–water partition coefficient (Wildman–Crippen LogP) is 4.90. The molecule has 1 fully saturated rings. The third-order valence-electron chi connectivity index (χ3n) is 5.21. The van der Waals surface area contributed by atoms with Crippen LogP contribution in [0.4, 0.5) is 8.78 Å². The van der Waals surface area contributed by atoms with Gasteiger partial charge >= 0.3 is 0 Å². The molecule has 0 bridgehead atoms. The van der Waals surface area contributed by atoms with Crippen LogP contribution in [0.25, 0.3) is 0 Å². The van der Waals surface area contributed by atoms with E-state index in [-0.39, 0.29) is 11.7 Å². The number of hydrogen-bond donors (Lipinski definition) is 0. The summed E-state index contributed by atoms with van der Waals surface area (Å²) in [6, 6.07) is 11.4. The summed E-state index contributed by atoms with van der Waals surface area (Å²) >= 11 is 5.64. The van der Waals surface area contributed by atoms with Gasteiger partial charge in [-0.2, -0.15) is 0 Å². The zero-order valence-corrected chi connectivity index (χ0v) is 15.4. The summed E-state index contributed by atoms with van der Waals surface area (Å²) in [5.74, 6) is -1.01. The van der Waals surface area contributed by atoms with E-state index in [9.17, 15) is 13.6 Å². The zero-order chi connectivity index (χ0) is 19.0. The molecular weight excluding hydrogens is 366 g/mol. The number of nitrogens with zero attached hydrogens (tertiary/aromatic N) is 2. The van der Waals surface area contributed by atoms with Crippen LogP contribution >= 0.6 is 12.2 Å². The first-order valence-electron chi connectivity index (χ1n) is 9.00. The second kappa shape index (κ2) is 6.93. The first-order valence-corrected chi connectivity index (χ1v) is 9.41. The van der Waals surface area contributed by atoms with Crippen LogP contribution in [0.3, 0.4) is 0 Å². The molecule has 27 heavy (non-hydrogen) atoms. The van der Waals surface area contributed by atoms with Crippen molar-refractivity contribution in [3.05, 3.63) is 71.3 Å². The summed E-state index contributed by atoms with van der Waals surface area (Å²) in [6.45, 7) is 0. The normalized spacial score (nSPS) is 18.7. The molecule has 1 spiro atoms. The number of carbonyl (C=O) groups excluding carboxylic acids is 1. The van der Waals surface area contributed by atoms with Crippen molar-refractivity contribution in [2.24, 2.45) is 4.99 Å². The van der Waals surface area contributed by atoms with Crippen LogP contribution in [0.2, 0.25) is 0 Å². The fourth-order valence-electron chi connectivity index (χ4n) is 3.85. The standard InChI is InChI=1S/C21H18F2N2OS/c22-16-8-4-14(5-9-16)18-20(27)25(21(24-18)12-2-1-3-13-21)19(26)15-6-10-17(23)11-7-15/h4-11H,1-3,12-13H2. The van der Waals surface area contributed by atoms with Crippen molar-refractivity contribution in [2.75, 3.05) is 0 Å². The van der Waals surface area contributed by atoms with E-state index in [4.69, 9.17) is 17.2 Å². The van der Waals surface area contributed by atoms with E-state index in [2.05, 4.69) is 0 Å². The first-order chi connectivity index (χ1) is 13.0. The van der Waals surface area contributed by atoms with Crippen LogP contribution in [0.5, 0.6) is 0 Å². The lowest BCUT2D eigenvalue weighted by atomic mass is 9.88. The Morgan fingerprint density at radius 3 is 2.07 bits per heavy atom. The molecule has 0 radical (unpaired) electrons. The average molecular weight is 384 g/mol. The number of aliphatic imine (C=N–C) groups is 1. The lowest BCUT2D eigenvalue weighted by Gasteiger charge is -2.38. The molecule has 138 valence electrons. The highest BCUT2D eigenvalue weighted by Gasteiger charge is 2.48. The van der Waals surface area contributed by atoms with Crippen molar-refractivity contribution in [3.63, 3.8) is 0 Å². The number of halogens is 2. The van der Waals surface area contributed by atoms with Gasteiger partial charge in [0, 0.05) is 11.1 Å². The summed E-state index contributed by atoms with van der Waals surface area (Å²) in [4.78, 5) is 20.1.